The van der Waals surface area contributed by atoms with Crippen LogP contribution in [0.4, 0.5) is 0 Å². The van der Waals surface area contributed by atoms with Crippen molar-refractivity contribution in [2.75, 3.05) is 13.2 Å². The number of benzene rings is 1. The average Bonchev–Trinajstić information content (AvgIpc) is 2.93. The van der Waals surface area contributed by atoms with Crippen molar-refractivity contribution in [2.24, 2.45) is 0 Å². The first-order valence-electron chi connectivity index (χ1n) is 9.82. The molecule has 0 saturated heterocycles. The Morgan fingerprint density at radius 2 is 1.72 bits per heavy atom. The summed E-state index contributed by atoms with van der Waals surface area (Å²) in [6.45, 7) is 6.58. The van der Waals surface area contributed by atoms with Gasteiger partial charge in [-0.1, -0.05) is 45.0 Å². The summed E-state index contributed by atoms with van der Waals surface area (Å²) in [4.78, 5) is 41.4. The molecule has 29 heavy (non-hydrogen) atoms. The molecule has 2 amide bonds. The summed E-state index contributed by atoms with van der Waals surface area (Å²) in [5, 5.41) is 0. The highest BCUT2D eigenvalue weighted by Crippen LogP contribution is 2.23. The first-order chi connectivity index (χ1) is 13.8. The average molecular weight is 394 g/mol. The highest BCUT2D eigenvalue weighted by atomic mass is 16.5. The minimum atomic E-state index is -0.396. The number of hydrogen-bond acceptors (Lipinski definition) is 5. The van der Waals surface area contributed by atoms with E-state index in [1.165, 1.54) is 29.6 Å². The zero-order valence-corrected chi connectivity index (χ0v) is 17.1. The van der Waals surface area contributed by atoms with Crippen molar-refractivity contribution in [3.63, 3.8) is 0 Å². The minimum absolute atomic E-state index is 0.00197. The van der Waals surface area contributed by atoms with Crippen molar-refractivity contribution in [2.45, 2.75) is 45.4 Å². The van der Waals surface area contributed by atoms with Gasteiger partial charge in [-0.2, -0.15) is 0 Å². The number of esters is 1. The molecular weight excluding hydrogens is 368 g/mol. The number of rotatable bonds is 7. The fourth-order valence-corrected chi connectivity index (χ4v) is 3.27. The molecule has 0 radical (unpaired) electrons. The lowest BCUT2D eigenvalue weighted by molar-refractivity contribution is -0.143. The van der Waals surface area contributed by atoms with Crippen LogP contribution in [0.3, 0.4) is 0 Å². The molecule has 1 aromatic carbocycles. The van der Waals surface area contributed by atoms with Gasteiger partial charge in [0, 0.05) is 18.8 Å². The van der Waals surface area contributed by atoms with E-state index >= 15 is 0 Å². The summed E-state index contributed by atoms with van der Waals surface area (Å²) in [6.07, 6.45) is 4.64. The molecule has 0 N–H and O–H groups in total. The number of imide groups is 1. The molecule has 1 aliphatic heterocycles. The minimum Gasteiger partial charge on any atom is -0.464 e. The van der Waals surface area contributed by atoms with Crippen LogP contribution >= 0.6 is 0 Å². The number of nitrogens with zero attached hydrogens (tertiary/aromatic N) is 2. The van der Waals surface area contributed by atoms with Crippen LogP contribution in [0.1, 0.15) is 65.5 Å². The van der Waals surface area contributed by atoms with E-state index in [1.807, 2.05) is 0 Å². The third-order valence-electron chi connectivity index (χ3n) is 5.02. The number of hydrogen-bond donors (Lipinski definition) is 0. The van der Waals surface area contributed by atoms with Crippen LogP contribution < -0.4 is 0 Å². The summed E-state index contributed by atoms with van der Waals surface area (Å²) in [6, 6.07) is 9.98. The highest BCUT2D eigenvalue weighted by molar-refractivity contribution is 6.21. The maximum atomic E-state index is 12.2. The number of amides is 2. The maximum absolute atomic E-state index is 12.2. The van der Waals surface area contributed by atoms with Crippen LogP contribution in [0, 0.1) is 0 Å². The van der Waals surface area contributed by atoms with Crippen LogP contribution in [0.5, 0.6) is 0 Å². The number of ether oxygens (including phenoxy) is 1. The van der Waals surface area contributed by atoms with Gasteiger partial charge in [-0.15, -0.1) is 0 Å². The molecule has 0 aliphatic carbocycles. The summed E-state index contributed by atoms with van der Waals surface area (Å²) < 4.78 is 5.20. The van der Waals surface area contributed by atoms with E-state index in [0.29, 0.717) is 24.0 Å². The molecule has 2 aromatic rings. The van der Waals surface area contributed by atoms with Gasteiger partial charge in [0.05, 0.1) is 17.7 Å². The Hall–Kier alpha value is -3.02. The molecule has 6 heteroatoms. The van der Waals surface area contributed by atoms with Gasteiger partial charge in [0.15, 0.2) is 0 Å². The number of carbonyl (C=O) groups excluding carboxylic acids is 3. The Morgan fingerprint density at radius 1 is 1.03 bits per heavy atom. The summed E-state index contributed by atoms with van der Waals surface area (Å²) in [7, 11) is 0. The van der Waals surface area contributed by atoms with E-state index in [9.17, 15) is 14.4 Å². The Kier molecular flexibility index (Phi) is 6.11. The predicted octanol–water partition coefficient (Wildman–Crippen LogP) is 3.54. The third kappa shape index (κ3) is 4.88. The van der Waals surface area contributed by atoms with Crippen molar-refractivity contribution in [3.8, 4) is 0 Å². The standard InChI is InChI=1S/C23H26N2O4/c1-23(2,3)17-9-7-16(8-10-17)5-4-6-20(26)29-14-13-25-21(27)18-11-12-24-15-19(18)22(25)28/h7-12,15H,4-6,13-14H2,1-3H3. The summed E-state index contributed by atoms with van der Waals surface area (Å²) >= 11 is 0. The summed E-state index contributed by atoms with van der Waals surface area (Å²) in [5.41, 5.74) is 3.23. The number of pyridine rings is 1. The first-order valence-corrected chi connectivity index (χ1v) is 9.82. The lowest BCUT2D eigenvalue weighted by Crippen LogP contribution is -2.33. The molecule has 3 rings (SSSR count). The molecule has 0 bridgehead atoms. The van der Waals surface area contributed by atoms with Gasteiger partial charge in [0.2, 0.25) is 0 Å². The zero-order valence-electron chi connectivity index (χ0n) is 17.1. The molecule has 0 saturated carbocycles. The van der Waals surface area contributed by atoms with E-state index in [-0.39, 0.29) is 30.4 Å². The molecule has 0 spiro atoms. The maximum Gasteiger partial charge on any atom is 0.305 e. The van der Waals surface area contributed by atoms with Gasteiger partial charge < -0.3 is 4.74 Å². The van der Waals surface area contributed by atoms with E-state index < -0.39 is 5.91 Å². The lowest BCUT2D eigenvalue weighted by atomic mass is 9.86. The van der Waals surface area contributed by atoms with Crippen LogP contribution in [0.2, 0.25) is 0 Å². The van der Waals surface area contributed by atoms with Crippen LogP contribution in [0.25, 0.3) is 0 Å². The lowest BCUT2D eigenvalue weighted by Gasteiger charge is -2.19. The van der Waals surface area contributed by atoms with Gasteiger partial charge in [-0.3, -0.25) is 24.3 Å². The second-order valence-corrected chi connectivity index (χ2v) is 8.20. The van der Waals surface area contributed by atoms with Crippen molar-refractivity contribution in [3.05, 3.63) is 65.0 Å². The third-order valence-corrected chi connectivity index (χ3v) is 5.02. The smallest absolute Gasteiger partial charge is 0.305 e. The van der Waals surface area contributed by atoms with E-state index in [1.54, 1.807) is 0 Å². The number of carbonyl (C=O) groups is 3. The van der Waals surface area contributed by atoms with Gasteiger partial charge in [0.25, 0.3) is 11.8 Å². The van der Waals surface area contributed by atoms with Crippen LogP contribution in [-0.2, 0) is 21.4 Å². The Bertz CT molecular complexity index is 878. The van der Waals surface area contributed by atoms with Crippen LogP contribution in [-0.4, -0.2) is 40.8 Å². The molecular formula is C23H26N2O4. The topological polar surface area (TPSA) is 76.6 Å². The van der Waals surface area contributed by atoms with Gasteiger partial charge in [-0.05, 0) is 35.4 Å². The molecule has 1 aliphatic rings. The number of fused-ring (bicyclic) bond motifs is 1. The molecule has 1 aromatic heterocycles. The van der Waals surface area contributed by atoms with Gasteiger partial charge in [0.1, 0.15) is 6.61 Å². The van der Waals surface area contributed by atoms with Gasteiger partial charge in [-0.25, -0.2) is 0 Å². The number of aryl methyl sites for hydroxylation is 1. The van der Waals surface area contributed by atoms with Crippen molar-refractivity contribution in [1.29, 1.82) is 0 Å². The fraction of sp³-hybridized carbons (Fsp3) is 0.391. The van der Waals surface area contributed by atoms with E-state index in [4.69, 9.17) is 4.74 Å². The normalized spacial score (nSPS) is 13.6. The van der Waals surface area contributed by atoms with Crippen molar-refractivity contribution >= 4 is 17.8 Å². The van der Waals surface area contributed by atoms with Gasteiger partial charge >= 0.3 is 5.97 Å². The molecule has 0 fully saturated rings. The quantitative estimate of drug-likeness (QED) is 0.530. The monoisotopic (exact) mass is 394 g/mol. The second-order valence-electron chi connectivity index (χ2n) is 8.20. The molecule has 0 unspecified atom stereocenters. The SMILES string of the molecule is CC(C)(C)c1ccc(CCCC(=O)OCCN2C(=O)c3ccncc3C2=O)cc1. The molecule has 2 heterocycles. The van der Waals surface area contributed by atoms with Crippen molar-refractivity contribution in [1.82, 2.24) is 9.88 Å². The molecule has 6 nitrogen and oxygen atoms in total. The number of aromatic nitrogens is 1. The predicted molar refractivity (Wildman–Crippen MR) is 109 cm³/mol. The van der Waals surface area contributed by atoms with E-state index in [2.05, 4.69) is 50.0 Å². The highest BCUT2D eigenvalue weighted by Gasteiger charge is 2.35. The van der Waals surface area contributed by atoms with Crippen LogP contribution in [0.15, 0.2) is 42.7 Å². The fourth-order valence-electron chi connectivity index (χ4n) is 3.27. The summed E-state index contributed by atoms with van der Waals surface area (Å²) in [5.74, 6) is -1.09. The second kappa shape index (κ2) is 8.55. The largest absolute Gasteiger partial charge is 0.464 e. The molecule has 152 valence electrons. The van der Waals surface area contributed by atoms with E-state index in [0.717, 1.165) is 11.3 Å². The van der Waals surface area contributed by atoms with Crippen molar-refractivity contribution < 1.29 is 19.1 Å². The Balaban J connectivity index is 1.39. The first kappa shape index (κ1) is 20.7. The Morgan fingerprint density at radius 3 is 2.38 bits per heavy atom. The zero-order chi connectivity index (χ0) is 21.0. The molecule has 0 atom stereocenters. The Labute approximate surface area is 170 Å².